The molecule has 122 valence electrons. The van der Waals surface area contributed by atoms with Crippen LogP contribution in [0.5, 0.6) is 0 Å². The average Bonchev–Trinajstić information content (AvgIpc) is 3.02. The van der Waals surface area contributed by atoms with E-state index in [-0.39, 0.29) is 22.6 Å². The number of hydrogen-bond acceptors (Lipinski definition) is 3. The summed E-state index contributed by atoms with van der Waals surface area (Å²) in [6, 6.07) is 10.5. The van der Waals surface area contributed by atoms with Gasteiger partial charge >= 0.3 is 0 Å². The van der Waals surface area contributed by atoms with Crippen molar-refractivity contribution in [2.24, 2.45) is 5.92 Å². The highest BCUT2D eigenvalue weighted by atomic mass is 35.5. The van der Waals surface area contributed by atoms with Crippen LogP contribution in [0, 0.1) is 16.0 Å². The van der Waals surface area contributed by atoms with E-state index < -0.39 is 0 Å². The first-order chi connectivity index (χ1) is 11.5. The lowest BCUT2D eigenvalue weighted by Gasteiger charge is -2.38. The summed E-state index contributed by atoms with van der Waals surface area (Å²) in [5.41, 5.74) is 3.14. The zero-order valence-electron chi connectivity index (χ0n) is 12.6. The molecule has 3 atom stereocenters. The fraction of sp³-hybridized carbons (Fsp3) is 0.222. The monoisotopic (exact) mass is 360 g/mol. The van der Waals surface area contributed by atoms with E-state index >= 15 is 0 Å². The number of non-ortho nitro benzene ring substituents is 1. The number of nitro groups is 1. The SMILES string of the molecule is O=[N+]([O-])c1ccc([C@H]2Nc3cc(Cl)cc(Cl)c3[C@@H]3C=CC[C@H]23)cc1. The van der Waals surface area contributed by atoms with Gasteiger partial charge < -0.3 is 5.32 Å². The smallest absolute Gasteiger partial charge is 0.269 e. The molecule has 0 amide bonds. The summed E-state index contributed by atoms with van der Waals surface area (Å²) in [6.07, 6.45) is 5.32. The van der Waals surface area contributed by atoms with Crippen molar-refractivity contribution in [2.45, 2.75) is 18.4 Å². The maximum atomic E-state index is 10.9. The van der Waals surface area contributed by atoms with Crippen LogP contribution in [0.4, 0.5) is 11.4 Å². The first-order valence-electron chi connectivity index (χ1n) is 7.71. The Balaban J connectivity index is 1.76. The third-order valence-electron chi connectivity index (χ3n) is 4.84. The Hall–Kier alpha value is -2.04. The minimum absolute atomic E-state index is 0.0628. The fourth-order valence-corrected chi connectivity index (χ4v) is 4.40. The Morgan fingerprint density at radius 1 is 1.17 bits per heavy atom. The molecule has 0 spiro atoms. The first kappa shape index (κ1) is 15.5. The van der Waals surface area contributed by atoms with Gasteiger partial charge in [-0.15, -0.1) is 0 Å². The number of hydrogen-bond donors (Lipinski definition) is 1. The zero-order chi connectivity index (χ0) is 16.8. The highest BCUT2D eigenvalue weighted by Crippen LogP contribution is 2.52. The first-order valence-corrected chi connectivity index (χ1v) is 8.46. The van der Waals surface area contributed by atoms with Crippen LogP contribution in [0.25, 0.3) is 0 Å². The molecule has 0 saturated heterocycles. The molecule has 4 rings (SSSR count). The minimum atomic E-state index is -0.382. The quantitative estimate of drug-likeness (QED) is 0.422. The topological polar surface area (TPSA) is 55.2 Å². The Kier molecular flexibility index (Phi) is 3.74. The van der Waals surface area contributed by atoms with Crippen molar-refractivity contribution in [2.75, 3.05) is 5.32 Å². The second-order valence-corrected chi connectivity index (χ2v) is 7.02. The van der Waals surface area contributed by atoms with Crippen LogP contribution >= 0.6 is 23.2 Å². The lowest BCUT2D eigenvalue weighted by Crippen LogP contribution is -2.29. The van der Waals surface area contributed by atoms with Gasteiger partial charge in [-0.1, -0.05) is 47.5 Å². The lowest BCUT2D eigenvalue weighted by molar-refractivity contribution is -0.384. The van der Waals surface area contributed by atoms with Crippen LogP contribution in [0.1, 0.15) is 29.5 Å². The molecule has 1 N–H and O–H groups in total. The summed E-state index contributed by atoms with van der Waals surface area (Å²) < 4.78 is 0. The molecule has 0 fully saturated rings. The largest absolute Gasteiger partial charge is 0.378 e. The number of benzene rings is 2. The van der Waals surface area contributed by atoms with Crippen molar-refractivity contribution in [1.82, 2.24) is 0 Å². The van der Waals surface area contributed by atoms with Crippen LogP contribution in [-0.4, -0.2) is 4.92 Å². The molecule has 2 aromatic carbocycles. The van der Waals surface area contributed by atoms with Crippen LogP contribution < -0.4 is 5.32 Å². The number of halogens is 2. The van der Waals surface area contributed by atoms with E-state index in [4.69, 9.17) is 23.2 Å². The maximum absolute atomic E-state index is 10.9. The van der Waals surface area contributed by atoms with E-state index in [1.807, 2.05) is 18.2 Å². The van der Waals surface area contributed by atoms with Gasteiger partial charge in [0.05, 0.1) is 11.0 Å². The highest BCUT2D eigenvalue weighted by Gasteiger charge is 2.39. The van der Waals surface area contributed by atoms with Crippen LogP contribution in [-0.2, 0) is 0 Å². The molecule has 1 heterocycles. The van der Waals surface area contributed by atoms with Crippen molar-refractivity contribution in [3.8, 4) is 0 Å². The highest BCUT2D eigenvalue weighted by molar-refractivity contribution is 6.35. The van der Waals surface area contributed by atoms with E-state index in [2.05, 4.69) is 17.5 Å². The van der Waals surface area contributed by atoms with E-state index in [9.17, 15) is 10.1 Å². The molecular weight excluding hydrogens is 347 g/mol. The van der Waals surface area contributed by atoms with Crippen molar-refractivity contribution in [1.29, 1.82) is 0 Å². The van der Waals surface area contributed by atoms with Gasteiger partial charge in [0.25, 0.3) is 5.69 Å². The van der Waals surface area contributed by atoms with E-state index in [1.165, 1.54) is 0 Å². The molecule has 1 aliphatic carbocycles. The summed E-state index contributed by atoms with van der Waals surface area (Å²) in [5.74, 6) is 0.559. The molecule has 2 aliphatic rings. The van der Waals surface area contributed by atoms with Gasteiger partial charge in [0.15, 0.2) is 0 Å². The van der Waals surface area contributed by atoms with Crippen LogP contribution in [0.3, 0.4) is 0 Å². The molecule has 0 radical (unpaired) electrons. The van der Waals surface area contributed by atoms with Crippen molar-refractivity contribution in [3.63, 3.8) is 0 Å². The van der Waals surface area contributed by atoms with Crippen molar-refractivity contribution >= 4 is 34.6 Å². The number of rotatable bonds is 2. The molecule has 2 aromatic rings. The molecule has 0 bridgehead atoms. The summed E-state index contributed by atoms with van der Waals surface area (Å²) in [6.45, 7) is 0. The summed E-state index contributed by atoms with van der Waals surface area (Å²) in [5, 5.41) is 15.7. The van der Waals surface area contributed by atoms with Crippen molar-refractivity contribution in [3.05, 3.63) is 79.8 Å². The van der Waals surface area contributed by atoms with E-state index in [0.717, 1.165) is 23.2 Å². The summed E-state index contributed by atoms with van der Waals surface area (Å²) in [4.78, 5) is 10.5. The lowest BCUT2D eigenvalue weighted by atomic mass is 9.77. The number of nitrogens with zero attached hydrogens (tertiary/aromatic N) is 1. The number of fused-ring (bicyclic) bond motifs is 3. The summed E-state index contributed by atoms with van der Waals surface area (Å²) >= 11 is 12.6. The number of allylic oxidation sites excluding steroid dienone is 2. The van der Waals surface area contributed by atoms with Gasteiger partial charge in [0.1, 0.15) is 0 Å². The zero-order valence-corrected chi connectivity index (χ0v) is 14.1. The predicted octanol–water partition coefficient (Wildman–Crippen LogP) is 5.73. The normalized spacial score (nSPS) is 24.2. The average molecular weight is 361 g/mol. The molecule has 0 unspecified atom stereocenters. The van der Waals surface area contributed by atoms with Gasteiger partial charge in [-0.2, -0.15) is 0 Å². The Morgan fingerprint density at radius 3 is 2.62 bits per heavy atom. The minimum Gasteiger partial charge on any atom is -0.378 e. The van der Waals surface area contributed by atoms with Crippen molar-refractivity contribution < 1.29 is 4.92 Å². The molecular formula is C18H14Cl2N2O2. The van der Waals surface area contributed by atoms with Gasteiger partial charge in [-0.3, -0.25) is 10.1 Å². The molecule has 0 aromatic heterocycles. The third-order valence-corrected chi connectivity index (χ3v) is 5.37. The molecule has 4 nitrogen and oxygen atoms in total. The second kappa shape index (κ2) is 5.80. The van der Waals surface area contributed by atoms with Crippen LogP contribution in [0.2, 0.25) is 10.0 Å². The van der Waals surface area contributed by atoms with Crippen LogP contribution in [0.15, 0.2) is 48.6 Å². The number of anilines is 1. The second-order valence-electron chi connectivity index (χ2n) is 6.17. The maximum Gasteiger partial charge on any atom is 0.269 e. The fourth-order valence-electron chi connectivity index (χ4n) is 3.78. The van der Waals surface area contributed by atoms with Gasteiger partial charge in [-0.05, 0) is 30.0 Å². The Labute approximate surface area is 149 Å². The predicted molar refractivity (Wildman–Crippen MR) is 95.9 cm³/mol. The summed E-state index contributed by atoms with van der Waals surface area (Å²) in [7, 11) is 0. The molecule has 0 saturated carbocycles. The third kappa shape index (κ3) is 2.46. The van der Waals surface area contributed by atoms with Gasteiger partial charge in [0.2, 0.25) is 0 Å². The van der Waals surface area contributed by atoms with Gasteiger partial charge in [0, 0.05) is 39.3 Å². The molecule has 1 aliphatic heterocycles. The standard InChI is InChI=1S/C18H14Cl2N2O2/c19-11-8-15(20)17-13-2-1-3-14(13)18(21-16(17)9-11)10-4-6-12(7-5-10)22(23)24/h1-2,4-9,13-14,18,21H,3H2/t13-,14+,18-/m1/s1. The van der Waals surface area contributed by atoms with Gasteiger partial charge in [-0.25, -0.2) is 0 Å². The number of nitrogens with one attached hydrogen (secondary N) is 1. The number of nitro benzene ring substituents is 1. The Bertz CT molecular complexity index is 849. The Morgan fingerprint density at radius 2 is 1.92 bits per heavy atom. The van der Waals surface area contributed by atoms with E-state index in [1.54, 1.807) is 18.2 Å². The molecule has 6 heteroatoms. The van der Waals surface area contributed by atoms with E-state index in [0.29, 0.717) is 16.0 Å². The molecule has 24 heavy (non-hydrogen) atoms.